The van der Waals surface area contributed by atoms with Crippen LogP contribution in [0.2, 0.25) is 5.15 Å². The van der Waals surface area contributed by atoms with E-state index < -0.39 is 0 Å². The van der Waals surface area contributed by atoms with Crippen LogP contribution >= 0.6 is 11.6 Å². The van der Waals surface area contributed by atoms with Gasteiger partial charge in [0.15, 0.2) is 0 Å². The number of methoxy groups -OCH3 is 1. The Labute approximate surface area is 145 Å². The van der Waals surface area contributed by atoms with Crippen molar-refractivity contribution in [1.82, 2.24) is 9.55 Å². The van der Waals surface area contributed by atoms with E-state index in [1.165, 1.54) is 0 Å². The molecule has 0 N–H and O–H groups in total. The van der Waals surface area contributed by atoms with Crippen LogP contribution in [0.1, 0.15) is 5.56 Å². The van der Waals surface area contributed by atoms with Crippen molar-refractivity contribution in [2.24, 2.45) is 0 Å². The van der Waals surface area contributed by atoms with E-state index in [2.05, 4.69) is 4.98 Å². The van der Waals surface area contributed by atoms with Crippen LogP contribution in [0.3, 0.4) is 0 Å². The van der Waals surface area contributed by atoms with E-state index in [1.807, 2.05) is 54.6 Å². The summed E-state index contributed by atoms with van der Waals surface area (Å²) in [6.07, 6.45) is 2.30. The summed E-state index contributed by atoms with van der Waals surface area (Å²) in [6, 6.07) is 17.2. The van der Waals surface area contributed by atoms with Crippen molar-refractivity contribution < 1.29 is 4.74 Å². The highest BCUT2D eigenvalue weighted by Crippen LogP contribution is 2.16. The average Bonchev–Trinajstić information content (AvgIpc) is 2.63. The van der Waals surface area contributed by atoms with Gasteiger partial charge in [0.1, 0.15) is 16.6 Å². The Balaban J connectivity index is 1.85. The molecule has 5 heteroatoms. The summed E-state index contributed by atoms with van der Waals surface area (Å²) in [6.45, 7) is 0.535. The molecule has 3 rings (SSSR count). The van der Waals surface area contributed by atoms with Gasteiger partial charge in [0.05, 0.1) is 7.11 Å². The van der Waals surface area contributed by atoms with Crippen molar-refractivity contribution >= 4 is 11.6 Å². The molecule has 1 heterocycles. The Kier molecular flexibility index (Phi) is 4.96. The maximum absolute atomic E-state index is 12.7. The largest absolute Gasteiger partial charge is 0.497 e. The first-order valence-corrected chi connectivity index (χ1v) is 8.00. The monoisotopic (exact) mass is 340 g/mol. The number of aryl methyl sites for hydroxylation is 2. The molecule has 0 saturated carbocycles. The quantitative estimate of drug-likeness (QED) is 0.709. The van der Waals surface area contributed by atoms with Gasteiger partial charge >= 0.3 is 0 Å². The SMILES string of the molecule is COc1ccc(CCn2cc(Cl)nc(-c3ccccc3)c2=O)cc1. The zero-order valence-corrected chi connectivity index (χ0v) is 14.0. The zero-order valence-electron chi connectivity index (χ0n) is 13.3. The summed E-state index contributed by atoms with van der Waals surface area (Å²) >= 11 is 6.11. The van der Waals surface area contributed by atoms with Crippen molar-refractivity contribution in [2.45, 2.75) is 13.0 Å². The molecular weight excluding hydrogens is 324 g/mol. The van der Waals surface area contributed by atoms with Crippen LogP contribution in [-0.2, 0) is 13.0 Å². The van der Waals surface area contributed by atoms with E-state index in [4.69, 9.17) is 16.3 Å². The number of hydrogen-bond acceptors (Lipinski definition) is 3. The van der Waals surface area contributed by atoms with Crippen molar-refractivity contribution in [3.05, 3.63) is 81.9 Å². The molecule has 0 radical (unpaired) electrons. The van der Waals surface area contributed by atoms with Gasteiger partial charge in [0.2, 0.25) is 0 Å². The van der Waals surface area contributed by atoms with Crippen molar-refractivity contribution in [1.29, 1.82) is 0 Å². The molecule has 4 nitrogen and oxygen atoms in total. The van der Waals surface area contributed by atoms with Gasteiger partial charge < -0.3 is 9.30 Å². The van der Waals surface area contributed by atoms with E-state index in [9.17, 15) is 4.79 Å². The fraction of sp³-hybridized carbons (Fsp3) is 0.158. The van der Waals surface area contributed by atoms with Crippen molar-refractivity contribution in [3.63, 3.8) is 0 Å². The lowest BCUT2D eigenvalue weighted by Gasteiger charge is -2.09. The van der Waals surface area contributed by atoms with Crippen LogP contribution in [0.15, 0.2) is 65.6 Å². The highest BCUT2D eigenvalue weighted by Gasteiger charge is 2.10. The predicted octanol–water partition coefficient (Wildman–Crippen LogP) is 3.82. The molecule has 0 aliphatic rings. The highest BCUT2D eigenvalue weighted by atomic mass is 35.5. The average molecular weight is 341 g/mol. The topological polar surface area (TPSA) is 44.1 Å². The molecule has 24 heavy (non-hydrogen) atoms. The highest BCUT2D eigenvalue weighted by molar-refractivity contribution is 6.29. The Morgan fingerprint density at radius 3 is 2.46 bits per heavy atom. The molecule has 3 aromatic rings. The van der Waals surface area contributed by atoms with Crippen molar-refractivity contribution in [2.75, 3.05) is 7.11 Å². The zero-order chi connectivity index (χ0) is 16.9. The lowest BCUT2D eigenvalue weighted by molar-refractivity contribution is 0.414. The second-order valence-electron chi connectivity index (χ2n) is 5.37. The third-order valence-electron chi connectivity index (χ3n) is 3.79. The molecular formula is C19H17ClN2O2. The molecule has 122 valence electrons. The third-order valence-corrected chi connectivity index (χ3v) is 3.97. The molecule has 0 saturated heterocycles. The first-order valence-electron chi connectivity index (χ1n) is 7.63. The van der Waals surface area contributed by atoms with Gasteiger partial charge in [0, 0.05) is 18.3 Å². The lowest BCUT2D eigenvalue weighted by atomic mass is 10.1. The van der Waals surface area contributed by atoms with Crippen LogP contribution in [0, 0.1) is 0 Å². The van der Waals surface area contributed by atoms with Gasteiger partial charge in [-0.3, -0.25) is 4.79 Å². The summed E-state index contributed by atoms with van der Waals surface area (Å²) < 4.78 is 6.76. The number of halogens is 1. The summed E-state index contributed by atoms with van der Waals surface area (Å²) in [5.41, 5.74) is 2.12. The number of rotatable bonds is 5. The van der Waals surface area contributed by atoms with E-state index in [0.29, 0.717) is 17.4 Å². The third kappa shape index (κ3) is 3.66. The second-order valence-corrected chi connectivity index (χ2v) is 5.76. The van der Waals surface area contributed by atoms with E-state index >= 15 is 0 Å². The molecule has 0 unspecified atom stereocenters. The maximum atomic E-state index is 12.7. The number of hydrogen-bond donors (Lipinski definition) is 0. The number of nitrogens with zero attached hydrogens (tertiary/aromatic N) is 2. The Hall–Kier alpha value is -2.59. The van der Waals surface area contributed by atoms with Gasteiger partial charge in [-0.05, 0) is 24.1 Å². The molecule has 0 bridgehead atoms. The van der Waals surface area contributed by atoms with Gasteiger partial charge in [0.25, 0.3) is 5.56 Å². The summed E-state index contributed by atoms with van der Waals surface area (Å²) in [4.78, 5) is 16.9. The van der Waals surface area contributed by atoms with Crippen molar-refractivity contribution in [3.8, 4) is 17.0 Å². The minimum Gasteiger partial charge on any atom is -0.497 e. The molecule has 1 aromatic heterocycles. The molecule has 2 aromatic carbocycles. The first kappa shape index (κ1) is 16.3. The van der Waals surface area contributed by atoms with E-state index in [0.717, 1.165) is 23.3 Å². The van der Waals surface area contributed by atoms with E-state index in [1.54, 1.807) is 17.9 Å². The normalized spacial score (nSPS) is 10.6. The Bertz CT molecular complexity index is 874. The minimum absolute atomic E-state index is 0.140. The van der Waals surface area contributed by atoms with Crippen LogP contribution in [0.5, 0.6) is 5.75 Å². The van der Waals surface area contributed by atoms with Crippen LogP contribution in [0.25, 0.3) is 11.3 Å². The molecule has 0 aliphatic heterocycles. The van der Waals surface area contributed by atoms with Crippen LogP contribution in [-0.4, -0.2) is 16.7 Å². The number of ether oxygens (including phenoxy) is 1. The molecule has 0 amide bonds. The standard InChI is InChI=1S/C19H17ClN2O2/c1-24-16-9-7-14(8-10-16)11-12-22-13-17(20)21-18(19(22)23)15-5-3-2-4-6-15/h2-10,13H,11-12H2,1H3. The predicted molar refractivity (Wildman–Crippen MR) is 95.6 cm³/mol. The summed E-state index contributed by atoms with van der Waals surface area (Å²) in [5, 5.41) is 0.309. The van der Waals surface area contributed by atoms with Crippen LogP contribution in [0.4, 0.5) is 0 Å². The van der Waals surface area contributed by atoms with Gasteiger partial charge in [-0.1, -0.05) is 54.1 Å². The summed E-state index contributed by atoms with van der Waals surface area (Å²) in [7, 11) is 1.64. The number of benzene rings is 2. The smallest absolute Gasteiger partial charge is 0.277 e. The Morgan fingerprint density at radius 1 is 1.08 bits per heavy atom. The fourth-order valence-corrected chi connectivity index (χ4v) is 2.70. The minimum atomic E-state index is -0.140. The van der Waals surface area contributed by atoms with E-state index in [-0.39, 0.29) is 5.56 Å². The molecule has 0 spiro atoms. The van der Waals surface area contributed by atoms with Crippen LogP contribution < -0.4 is 10.3 Å². The molecule has 0 fully saturated rings. The summed E-state index contributed by atoms with van der Waals surface area (Å²) in [5.74, 6) is 0.814. The maximum Gasteiger partial charge on any atom is 0.277 e. The molecule has 0 aliphatic carbocycles. The van der Waals surface area contributed by atoms with Gasteiger partial charge in [-0.15, -0.1) is 0 Å². The number of aromatic nitrogens is 2. The Morgan fingerprint density at radius 2 is 1.79 bits per heavy atom. The second kappa shape index (κ2) is 7.32. The van der Waals surface area contributed by atoms with Gasteiger partial charge in [-0.25, -0.2) is 4.98 Å². The lowest BCUT2D eigenvalue weighted by Crippen LogP contribution is -2.23. The first-order chi connectivity index (χ1) is 11.7. The van der Waals surface area contributed by atoms with Gasteiger partial charge in [-0.2, -0.15) is 0 Å². The molecule has 0 atom stereocenters. The fourth-order valence-electron chi connectivity index (χ4n) is 2.50.